The van der Waals surface area contributed by atoms with E-state index in [2.05, 4.69) is 0 Å². The number of hydrogen-bond acceptors (Lipinski definition) is 1. The second-order valence-corrected chi connectivity index (χ2v) is 3.24. The quantitative estimate of drug-likeness (QED) is 0.861. The number of nitrogens with two attached hydrogens (primary N) is 1. The van der Waals surface area contributed by atoms with E-state index < -0.39 is 24.7 Å². The summed E-state index contributed by atoms with van der Waals surface area (Å²) in [6.07, 6.45) is -2.91. The van der Waals surface area contributed by atoms with E-state index in [1.165, 1.54) is 12.1 Å². The molecule has 1 rings (SSSR count). The van der Waals surface area contributed by atoms with Gasteiger partial charge in [-0.3, -0.25) is 0 Å². The van der Waals surface area contributed by atoms with Gasteiger partial charge in [0.1, 0.15) is 5.82 Å². The summed E-state index contributed by atoms with van der Waals surface area (Å²) in [5, 5.41) is 0. The van der Waals surface area contributed by atoms with Gasteiger partial charge in [-0.15, -0.1) is 12.4 Å². The van der Waals surface area contributed by atoms with Gasteiger partial charge in [-0.25, -0.2) is 13.2 Å². The van der Waals surface area contributed by atoms with E-state index >= 15 is 0 Å². The first-order valence-electron chi connectivity index (χ1n) is 4.30. The highest BCUT2D eigenvalue weighted by molar-refractivity contribution is 5.85. The number of rotatable bonds is 3. The molecule has 0 bridgehead atoms. The topological polar surface area (TPSA) is 26.0 Å². The summed E-state index contributed by atoms with van der Waals surface area (Å²) in [4.78, 5) is 0. The lowest BCUT2D eigenvalue weighted by Crippen LogP contribution is -2.14. The first-order chi connectivity index (χ1) is 6.50. The summed E-state index contributed by atoms with van der Waals surface area (Å²) in [7, 11) is 0. The van der Waals surface area contributed by atoms with E-state index in [4.69, 9.17) is 5.73 Å². The van der Waals surface area contributed by atoms with Crippen molar-refractivity contribution in [2.45, 2.75) is 25.8 Å². The molecule has 0 aliphatic carbocycles. The molecule has 0 aliphatic rings. The summed E-state index contributed by atoms with van der Waals surface area (Å²) in [5.74, 6) is -0.410. The highest BCUT2D eigenvalue weighted by Crippen LogP contribution is 2.20. The molecule has 0 spiro atoms. The molecule has 0 aromatic heterocycles. The number of aryl methyl sites for hydroxylation is 1. The predicted molar refractivity (Wildman–Crippen MR) is 55.9 cm³/mol. The van der Waals surface area contributed by atoms with Crippen LogP contribution < -0.4 is 5.73 Å². The van der Waals surface area contributed by atoms with Gasteiger partial charge in [0.2, 0.25) is 6.43 Å². The predicted octanol–water partition coefficient (Wildman–Crippen LogP) is 3.21. The van der Waals surface area contributed by atoms with Crippen LogP contribution in [0.5, 0.6) is 0 Å². The normalized spacial score (nSPS) is 12.4. The minimum atomic E-state index is -2.46. The van der Waals surface area contributed by atoms with Crippen LogP contribution in [-0.2, 0) is 0 Å². The molecule has 0 radical (unpaired) electrons. The van der Waals surface area contributed by atoms with Gasteiger partial charge in [-0.1, -0.05) is 12.1 Å². The molecule has 0 aliphatic heterocycles. The van der Waals surface area contributed by atoms with Crippen molar-refractivity contribution in [3.8, 4) is 0 Å². The molecule has 0 unspecified atom stereocenters. The maximum atomic E-state index is 13.0. The van der Waals surface area contributed by atoms with Gasteiger partial charge in [0.25, 0.3) is 0 Å². The molecule has 15 heavy (non-hydrogen) atoms. The largest absolute Gasteiger partial charge is 0.324 e. The highest BCUT2D eigenvalue weighted by atomic mass is 35.5. The minimum absolute atomic E-state index is 0. The zero-order chi connectivity index (χ0) is 10.7. The van der Waals surface area contributed by atoms with Crippen molar-refractivity contribution >= 4 is 12.4 Å². The zero-order valence-electron chi connectivity index (χ0n) is 8.21. The molecular formula is C10H13ClF3N. The molecular weight excluding hydrogens is 227 g/mol. The van der Waals surface area contributed by atoms with E-state index in [-0.39, 0.29) is 12.4 Å². The number of alkyl halides is 2. The van der Waals surface area contributed by atoms with Crippen molar-refractivity contribution in [1.29, 1.82) is 0 Å². The zero-order valence-corrected chi connectivity index (χ0v) is 9.03. The van der Waals surface area contributed by atoms with Gasteiger partial charge in [-0.05, 0) is 24.1 Å². The van der Waals surface area contributed by atoms with Crippen molar-refractivity contribution in [1.82, 2.24) is 0 Å². The second-order valence-electron chi connectivity index (χ2n) is 3.24. The lowest BCUT2D eigenvalue weighted by Gasteiger charge is -2.11. The maximum absolute atomic E-state index is 13.0. The Kier molecular flexibility index (Phi) is 5.68. The molecule has 0 fully saturated rings. The average Bonchev–Trinajstić information content (AvgIpc) is 2.08. The van der Waals surface area contributed by atoms with Crippen molar-refractivity contribution < 1.29 is 13.2 Å². The highest BCUT2D eigenvalue weighted by Gasteiger charge is 2.13. The SMILES string of the molecule is Cc1ccc([C@@H](N)CC(F)F)cc1F.Cl. The van der Waals surface area contributed by atoms with Gasteiger partial charge >= 0.3 is 0 Å². The van der Waals surface area contributed by atoms with Crippen LogP contribution >= 0.6 is 12.4 Å². The van der Waals surface area contributed by atoms with Crippen LogP contribution in [0.25, 0.3) is 0 Å². The maximum Gasteiger partial charge on any atom is 0.240 e. The Hall–Kier alpha value is -0.740. The Bertz CT molecular complexity index is 318. The van der Waals surface area contributed by atoms with E-state index in [0.717, 1.165) is 0 Å². The first kappa shape index (κ1) is 14.3. The van der Waals surface area contributed by atoms with Gasteiger partial charge < -0.3 is 5.73 Å². The Morgan fingerprint density at radius 2 is 1.93 bits per heavy atom. The summed E-state index contributed by atoms with van der Waals surface area (Å²) in [6, 6.07) is 3.52. The molecule has 1 aromatic carbocycles. The lowest BCUT2D eigenvalue weighted by atomic mass is 10.0. The molecule has 0 amide bonds. The van der Waals surface area contributed by atoms with E-state index in [9.17, 15) is 13.2 Å². The van der Waals surface area contributed by atoms with E-state index in [1.54, 1.807) is 13.0 Å². The molecule has 0 saturated heterocycles. The first-order valence-corrected chi connectivity index (χ1v) is 4.30. The fraction of sp³-hybridized carbons (Fsp3) is 0.400. The van der Waals surface area contributed by atoms with Crippen molar-refractivity contribution in [2.75, 3.05) is 0 Å². The molecule has 1 atom stereocenters. The van der Waals surface area contributed by atoms with Crippen LogP contribution in [-0.4, -0.2) is 6.43 Å². The smallest absolute Gasteiger partial charge is 0.240 e. The van der Waals surface area contributed by atoms with Crippen LogP contribution in [0.2, 0.25) is 0 Å². The van der Waals surface area contributed by atoms with Gasteiger partial charge in [-0.2, -0.15) is 0 Å². The van der Waals surface area contributed by atoms with E-state index in [1.807, 2.05) is 0 Å². The Morgan fingerprint density at radius 3 is 2.40 bits per heavy atom. The third-order valence-electron chi connectivity index (χ3n) is 2.06. The minimum Gasteiger partial charge on any atom is -0.324 e. The Labute approximate surface area is 92.9 Å². The van der Waals surface area contributed by atoms with Crippen molar-refractivity contribution in [3.63, 3.8) is 0 Å². The molecule has 2 N–H and O–H groups in total. The third kappa shape index (κ3) is 4.10. The summed E-state index contributed by atoms with van der Waals surface area (Å²) in [6.45, 7) is 1.61. The Balaban J connectivity index is 0.00000196. The van der Waals surface area contributed by atoms with Gasteiger partial charge in [0, 0.05) is 12.5 Å². The number of hydrogen-bond donors (Lipinski definition) is 1. The fourth-order valence-electron chi connectivity index (χ4n) is 1.17. The molecule has 1 nitrogen and oxygen atoms in total. The average molecular weight is 240 g/mol. The van der Waals surface area contributed by atoms with Crippen LogP contribution in [0.3, 0.4) is 0 Å². The molecule has 0 heterocycles. The molecule has 0 saturated carbocycles. The van der Waals surface area contributed by atoms with Crippen molar-refractivity contribution in [3.05, 3.63) is 35.1 Å². The fourth-order valence-corrected chi connectivity index (χ4v) is 1.17. The number of benzene rings is 1. The van der Waals surface area contributed by atoms with Crippen LogP contribution in [0, 0.1) is 12.7 Å². The van der Waals surface area contributed by atoms with Crippen LogP contribution in [0.4, 0.5) is 13.2 Å². The molecule has 1 aromatic rings. The monoisotopic (exact) mass is 239 g/mol. The summed E-state index contributed by atoms with van der Waals surface area (Å²) < 4.78 is 37.0. The lowest BCUT2D eigenvalue weighted by molar-refractivity contribution is 0.128. The van der Waals surface area contributed by atoms with E-state index in [0.29, 0.717) is 11.1 Å². The van der Waals surface area contributed by atoms with Crippen LogP contribution in [0.1, 0.15) is 23.6 Å². The van der Waals surface area contributed by atoms with Crippen molar-refractivity contribution in [2.24, 2.45) is 5.73 Å². The molecule has 5 heteroatoms. The summed E-state index contributed by atoms with van der Waals surface area (Å²) in [5.41, 5.74) is 6.36. The van der Waals surface area contributed by atoms with Gasteiger partial charge in [0.05, 0.1) is 0 Å². The Morgan fingerprint density at radius 1 is 1.33 bits per heavy atom. The van der Waals surface area contributed by atoms with Crippen LogP contribution in [0.15, 0.2) is 18.2 Å². The summed E-state index contributed by atoms with van der Waals surface area (Å²) >= 11 is 0. The second kappa shape index (κ2) is 5.98. The number of halogens is 4. The standard InChI is InChI=1S/C10H12F3N.ClH/c1-6-2-3-7(4-8(6)11)9(14)5-10(12)13;/h2-4,9-10H,5,14H2,1H3;1H/t9-;/m0./s1. The van der Waals surface area contributed by atoms with Gasteiger partial charge in [0.15, 0.2) is 0 Å². The molecule has 86 valence electrons. The third-order valence-corrected chi connectivity index (χ3v) is 2.06.